The largest absolute Gasteiger partial charge is 0.358 e. The van der Waals surface area contributed by atoms with Crippen LogP contribution in [0, 0.1) is 0 Å². The number of aryl methyl sites for hydroxylation is 2. The number of rotatable bonds is 4. The number of hydrogen-bond acceptors (Lipinski definition) is 3. The van der Waals surface area contributed by atoms with Crippen LogP contribution < -0.4 is 4.72 Å². The molecule has 1 amide bonds. The van der Waals surface area contributed by atoms with Gasteiger partial charge in [0.25, 0.3) is 5.91 Å². The van der Waals surface area contributed by atoms with E-state index in [1.165, 1.54) is 29.5 Å². The molecule has 0 radical (unpaired) electrons. The Kier molecular flexibility index (Phi) is 4.99. The lowest BCUT2D eigenvalue weighted by atomic mass is 9.95. The average molecular weight is 390 g/mol. The maximum atomic E-state index is 13.2. The molecule has 2 N–H and O–H groups in total. The standard InChI is InChI=1S/C20H27N3O3S/c1-27(25,26)21-13-15-6-4-5-11-23(15)20(24)14-9-10-19-17(12-14)16-7-2-3-8-18(16)22-19/h9-10,12,15,21-22H,2-8,11,13H2,1H3. The summed E-state index contributed by atoms with van der Waals surface area (Å²) >= 11 is 0. The molecule has 1 fully saturated rings. The Hall–Kier alpha value is -1.86. The maximum Gasteiger partial charge on any atom is 0.254 e. The highest BCUT2D eigenvalue weighted by atomic mass is 32.2. The minimum absolute atomic E-state index is 0.00246. The highest BCUT2D eigenvalue weighted by Crippen LogP contribution is 2.30. The lowest BCUT2D eigenvalue weighted by molar-refractivity contribution is 0.0619. The number of hydrogen-bond donors (Lipinski definition) is 2. The molecule has 1 aliphatic heterocycles. The Bertz CT molecular complexity index is 964. The molecule has 2 heterocycles. The molecule has 1 aromatic heterocycles. The van der Waals surface area contributed by atoms with Crippen molar-refractivity contribution in [3.63, 3.8) is 0 Å². The summed E-state index contributed by atoms with van der Waals surface area (Å²) in [7, 11) is -3.26. The highest BCUT2D eigenvalue weighted by Gasteiger charge is 2.28. The second kappa shape index (κ2) is 7.28. The van der Waals surface area contributed by atoms with E-state index in [1.807, 2.05) is 23.1 Å². The van der Waals surface area contributed by atoms with Gasteiger partial charge < -0.3 is 9.88 Å². The van der Waals surface area contributed by atoms with E-state index in [4.69, 9.17) is 0 Å². The van der Waals surface area contributed by atoms with Crippen molar-refractivity contribution in [3.05, 3.63) is 35.0 Å². The first-order valence-corrected chi connectivity index (χ1v) is 11.7. The Morgan fingerprint density at radius 3 is 2.85 bits per heavy atom. The molecule has 0 saturated carbocycles. The first kappa shape index (κ1) is 18.5. The van der Waals surface area contributed by atoms with Crippen molar-refractivity contribution in [2.75, 3.05) is 19.3 Å². The molecular weight excluding hydrogens is 362 g/mol. The van der Waals surface area contributed by atoms with E-state index in [2.05, 4.69) is 9.71 Å². The number of nitrogens with one attached hydrogen (secondary N) is 2. The summed E-state index contributed by atoms with van der Waals surface area (Å²) in [6, 6.07) is 5.84. The van der Waals surface area contributed by atoms with Crippen molar-refractivity contribution >= 4 is 26.8 Å². The van der Waals surface area contributed by atoms with E-state index in [0.29, 0.717) is 12.1 Å². The number of aromatic amines is 1. The van der Waals surface area contributed by atoms with Gasteiger partial charge in [0.15, 0.2) is 0 Å². The number of nitrogens with zero attached hydrogens (tertiary/aromatic N) is 1. The molecule has 1 aliphatic carbocycles. The minimum Gasteiger partial charge on any atom is -0.358 e. The summed E-state index contributed by atoms with van der Waals surface area (Å²) in [5, 5.41) is 1.17. The average Bonchev–Trinajstić information content (AvgIpc) is 3.03. The van der Waals surface area contributed by atoms with Crippen molar-refractivity contribution < 1.29 is 13.2 Å². The van der Waals surface area contributed by atoms with Crippen LogP contribution in [0.25, 0.3) is 10.9 Å². The third kappa shape index (κ3) is 3.89. The lowest BCUT2D eigenvalue weighted by Gasteiger charge is -2.36. The molecule has 1 saturated heterocycles. The molecule has 6 nitrogen and oxygen atoms in total. The number of carbonyl (C=O) groups is 1. The number of likely N-dealkylation sites (tertiary alicyclic amines) is 1. The van der Waals surface area contributed by atoms with Gasteiger partial charge in [-0.05, 0) is 68.7 Å². The fraction of sp³-hybridized carbons (Fsp3) is 0.550. The third-order valence-electron chi connectivity index (χ3n) is 5.81. The number of amides is 1. The van der Waals surface area contributed by atoms with E-state index < -0.39 is 10.0 Å². The maximum absolute atomic E-state index is 13.2. The molecular formula is C20H27N3O3S. The van der Waals surface area contributed by atoms with Crippen LogP contribution in [0.2, 0.25) is 0 Å². The van der Waals surface area contributed by atoms with Crippen LogP contribution >= 0.6 is 0 Å². The van der Waals surface area contributed by atoms with Crippen molar-refractivity contribution in [1.29, 1.82) is 0 Å². The fourth-order valence-electron chi connectivity index (χ4n) is 4.43. The highest BCUT2D eigenvalue weighted by molar-refractivity contribution is 7.88. The molecule has 0 spiro atoms. The van der Waals surface area contributed by atoms with E-state index in [9.17, 15) is 13.2 Å². The van der Waals surface area contributed by atoms with Crippen LogP contribution in [0.15, 0.2) is 18.2 Å². The van der Waals surface area contributed by atoms with Gasteiger partial charge >= 0.3 is 0 Å². The minimum atomic E-state index is -3.26. The normalized spacial score (nSPS) is 20.6. The van der Waals surface area contributed by atoms with Crippen LogP contribution in [0.4, 0.5) is 0 Å². The van der Waals surface area contributed by atoms with Gasteiger partial charge in [-0.1, -0.05) is 0 Å². The van der Waals surface area contributed by atoms with Gasteiger partial charge in [0.05, 0.1) is 6.26 Å². The summed E-state index contributed by atoms with van der Waals surface area (Å²) in [6.07, 6.45) is 8.53. The Labute approximate surface area is 160 Å². The summed E-state index contributed by atoms with van der Waals surface area (Å²) in [4.78, 5) is 18.6. The monoisotopic (exact) mass is 389 g/mol. The van der Waals surface area contributed by atoms with Crippen LogP contribution in [-0.4, -0.2) is 49.6 Å². The molecule has 0 bridgehead atoms. The van der Waals surface area contributed by atoms with Crippen molar-refractivity contribution in [2.24, 2.45) is 0 Å². The molecule has 4 rings (SSSR count). The third-order valence-corrected chi connectivity index (χ3v) is 6.51. The summed E-state index contributed by atoms with van der Waals surface area (Å²) in [5.41, 5.74) is 4.47. The van der Waals surface area contributed by atoms with E-state index in [1.54, 1.807) is 0 Å². The molecule has 7 heteroatoms. The van der Waals surface area contributed by atoms with Gasteiger partial charge in [-0.2, -0.15) is 0 Å². The summed E-state index contributed by atoms with van der Waals surface area (Å²) in [6.45, 7) is 0.963. The lowest BCUT2D eigenvalue weighted by Crippen LogP contribution is -2.49. The molecule has 1 atom stereocenters. The smallest absolute Gasteiger partial charge is 0.254 e. The van der Waals surface area contributed by atoms with E-state index >= 15 is 0 Å². The molecule has 27 heavy (non-hydrogen) atoms. The van der Waals surface area contributed by atoms with E-state index in [-0.39, 0.29) is 18.5 Å². The molecule has 1 aromatic carbocycles. The van der Waals surface area contributed by atoms with E-state index in [0.717, 1.165) is 43.9 Å². The topological polar surface area (TPSA) is 82.3 Å². The van der Waals surface area contributed by atoms with Gasteiger partial charge in [-0.15, -0.1) is 0 Å². The Morgan fingerprint density at radius 1 is 1.22 bits per heavy atom. The predicted octanol–water partition coefficient (Wildman–Crippen LogP) is 2.59. The van der Waals surface area contributed by atoms with Crippen LogP contribution in [0.3, 0.4) is 0 Å². The van der Waals surface area contributed by atoms with Crippen molar-refractivity contribution in [1.82, 2.24) is 14.6 Å². The second-order valence-corrected chi connectivity index (χ2v) is 9.65. The number of aromatic nitrogens is 1. The Morgan fingerprint density at radius 2 is 2.04 bits per heavy atom. The molecule has 146 valence electrons. The predicted molar refractivity (Wildman–Crippen MR) is 106 cm³/mol. The Balaban J connectivity index is 1.60. The second-order valence-electron chi connectivity index (χ2n) is 7.82. The molecule has 2 aliphatic rings. The number of piperidine rings is 1. The quantitative estimate of drug-likeness (QED) is 0.843. The van der Waals surface area contributed by atoms with Gasteiger partial charge in [-0.25, -0.2) is 13.1 Å². The zero-order valence-electron chi connectivity index (χ0n) is 15.8. The molecule has 1 unspecified atom stereocenters. The zero-order chi connectivity index (χ0) is 19.0. The van der Waals surface area contributed by atoms with Crippen molar-refractivity contribution in [2.45, 2.75) is 51.0 Å². The number of H-pyrrole nitrogens is 1. The van der Waals surface area contributed by atoms with Crippen LogP contribution in [-0.2, 0) is 22.9 Å². The fourth-order valence-corrected chi connectivity index (χ4v) is 4.93. The van der Waals surface area contributed by atoms with Gasteiger partial charge in [0, 0.05) is 41.3 Å². The van der Waals surface area contributed by atoms with Gasteiger partial charge in [0.1, 0.15) is 0 Å². The van der Waals surface area contributed by atoms with Crippen molar-refractivity contribution in [3.8, 4) is 0 Å². The van der Waals surface area contributed by atoms with Gasteiger partial charge in [0.2, 0.25) is 10.0 Å². The van der Waals surface area contributed by atoms with Crippen LogP contribution in [0.1, 0.15) is 53.7 Å². The van der Waals surface area contributed by atoms with Crippen LogP contribution in [0.5, 0.6) is 0 Å². The zero-order valence-corrected chi connectivity index (χ0v) is 16.6. The first-order valence-electron chi connectivity index (χ1n) is 9.81. The number of sulfonamides is 1. The molecule has 2 aromatic rings. The summed E-state index contributed by atoms with van der Waals surface area (Å²) < 4.78 is 25.5. The number of benzene rings is 1. The number of carbonyl (C=O) groups excluding carboxylic acids is 1. The SMILES string of the molecule is CS(=O)(=O)NCC1CCCCN1C(=O)c1ccc2[nH]c3c(c2c1)CCCC3. The summed E-state index contributed by atoms with van der Waals surface area (Å²) in [5.74, 6) is 0.00246. The number of fused-ring (bicyclic) bond motifs is 3. The first-order chi connectivity index (χ1) is 12.9. The van der Waals surface area contributed by atoms with Gasteiger partial charge in [-0.3, -0.25) is 4.79 Å².